The van der Waals surface area contributed by atoms with Crippen LogP contribution in [0.3, 0.4) is 0 Å². The van der Waals surface area contributed by atoms with E-state index in [1.165, 1.54) is 0 Å². The molecule has 0 aliphatic carbocycles. The van der Waals surface area contributed by atoms with Crippen LogP contribution in [0, 0.1) is 5.92 Å². The number of amides is 1. The second-order valence-electron chi connectivity index (χ2n) is 3.32. The van der Waals surface area contributed by atoms with Gasteiger partial charge in [0.15, 0.2) is 0 Å². The van der Waals surface area contributed by atoms with E-state index in [4.69, 9.17) is 5.73 Å². The molecule has 0 saturated carbocycles. The molecule has 1 amide bonds. The number of carbonyl (C=O) groups is 1. The second-order valence-corrected chi connectivity index (χ2v) is 3.32. The van der Waals surface area contributed by atoms with Crippen molar-refractivity contribution in [2.45, 2.75) is 13.3 Å². The highest BCUT2D eigenvalue weighted by Crippen LogP contribution is 2.14. The molecule has 3 nitrogen and oxygen atoms in total. The molecule has 1 saturated heterocycles. The summed E-state index contributed by atoms with van der Waals surface area (Å²) >= 11 is 0. The van der Waals surface area contributed by atoms with Crippen LogP contribution < -0.4 is 5.73 Å². The zero-order valence-electron chi connectivity index (χ0n) is 7.49. The molecule has 3 heteroatoms. The van der Waals surface area contributed by atoms with Crippen LogP contribution in [0.1, 0.15) is 13.3 Å². The molecule has 2 N–H and O–H groups in total. The maximum absolute atomic E-state index is 11.3. The summed E-state index contributed by atoms with van der Waals surface area (Å²) < 4.78 is 0. The molecule has 12 heavy (non-hydrogen) atoms. The Balaban J connectivity index is 2.38. The van der Waals surface area contributed by atoms with E-state index in [9.17, 15) is 4.79 Å². The van der Waals surface area contributed by atoms with E-state index in [0.717, 1.165) is 19.5 Å². The van der Waals surface area contributed by atoms with E-state index in [1.54, 1.807) is 12.2 Å². The summed E-state index contributed by atoms with van der Waals surface area (Å²) in [6.45, 7) is 4.40. The highest BCUT2D eigenvalue weighted by atomic mass is 16.2. The fraction of sp³-hybridized carbons (Fsp3) is 0.667. The molecule has 0 radical (unpaired) electrons. The Morgan fingerprint density at radius 3 is 3.00 bits per heavy atom. The first-order valence-electron chi connectivity index (χ1n) is 4.39. The summed E-state index contributed by atoms with van der Waals surface area (Å²) in [5.41, 5.74) is 5.25. The van der Waals surface area contributed by atoms with E-state index < -0.39 is 0 Å². The van der Waals surface area contributed by atoms with Crippen molar-refractivity contribution >= 4 is 5.91 Å². The lowest BCUT2D eigenvalue weighted by atomic mass is 10.2. The minimum Gasteiger partial charge on any atom is -0.339 e. The predicted octanol–water partition coefficient (Wildman–Crippen LogP) is 0.370. The summed E-state index contributed by atoms with van der Waals surface area (Å²) in [6.07, 6.45) is 4.39. The van der Waals surface area contributed by atoms with Gasteiger partial charge in [-0.1, -0.05) is 13.0 Å². The molecule has 0 aromatic rings. The van der Waals surface area contributed by atoms with Crippen LogP contribution in [0.2, 0.25) is 0 Å². The lowest BCUT2D eigenvalue weighted by Gasteiger charge is -2.12. The molecule has 0 aromatic carbocycles. The maximum atomic E-state index is 11.3. The van der Waals surface area contributed by atoms with Crippen LogP contribution in [0.15, 0.2) is 12.2 Å². The Morgan fingerprint density at radius 2 is 2.50 bits per heavy atom. The lowest BCUT2D eigenvalue weighted by Crippen LogP contribution is -2.26. The number of nitrogens with zero attached hydrogens (tertiary/aromatic N) is 1. The van der Waals surface area contributed by atoms with E-state index in [1.807, 2.05) is 4.90 Å². The molecule has 0 aromatic heterocycles. The molecule has 1 aliphatic rings. The van der Waals surface area contributed by atoms with Crippen LogP contribution in [0.5, 0.6) is 0 Å². The third kappa shape index (κ3) is 2.34. The Kier molecular flexibility index (Phi) is 3.29. The van der Waals surface area contributed by atoms with Gasteiger partial charge in [-0.2, -0.15) is 0 Å². The molecular weight excluding hydrogens is 152 g/mol. The van der Waals surface area contributed by atoms with Crippen molar-refractivity contribution in [3.05, 3.63) is 12.2 Å². The molecule has 1 aliphatic heterocycles. The fourth-order valence-electron chi connectivity index (χ4n) is 1.41. The lowest BCUT2D eigenvalue weighted by molar-refractivity contribution is -0.125. The summed E-state index contributed by atoms with van der Waals surface area (Å²) in [4.78, 5) is 13.2. The summed E-state index contributed by atoms with van der Waals surface area (Å²) in [5, 5.41) is 0. The van der Waals surface area contributed by atoms with Crippen molar-refractivity contribution in [2.75, 3.05) is 19.6 Å². The first kappa shape index (κ1) is 9.26. The maximum Gasteiger partial charge on any atom is 0.246 e. The Hall–Kier alpha value is -0.830. The topological polar surface area (TPSA) is 46.3 Å². The number of likely N-dealkylation sites (tertiary alicyclic amines) is 1. The van der Waals surface area contributed by atoms with Gasteiger partial charge in [-0.05, 0) is 12.3 Å². The molecule has 1 rings (SSSR count). The summed E-state index contributed by atoms with van der Waals surface area (Å²) in [6, 6.07) is 0. The third-order valence-corrected chi connectivity index (χ3v) is 2.13. The second kappa shape index (κ2) is 4.26. The first-order valence-corrected chi connectivity index (χ1v) is 4.39. The fourth-order valence-corrected chi connectivity index (χ4v) is 1.41. The van der Waals surface area contributed by atoms with E-state index in [2.05, 4.69) is 6.92 Å². The Labute approximate surface area is 73.2 Å². The van der Waals surface area contributed by atoms with E-state index in [-0.39, 0.29) is 5.91 Å². The van der Waals surface area contributed by atoms with Crippen LogP contribution >= 0.6 is 0 Å². The average Bonchev–Trinajstić information content (AvgIpc) is 2.47. The van der Waals surface area contributed by atoms with Gasteiger partial charge >= 0.3 is 0 Å². The molecule has 1 fully saturated rings. The van der Waals surface area contributed by atoms with Crippen molar-refractivity contribution in [2.24, 2.45) is 11.7 Å². The molecule has 0 bridgehead atoms. The van der Waals surface area contributed by atoms with Crippen molar-refractivity contribution in [1.29, 1.82) is 0 Å². The first-order chi connectivity index (χ1) is 5.74. The van der Waals surface area contributed by atoms with Gasteiger partial charge in [0.2, 0.25) is 5.91 Å². The van der Waals surface area contributed by atoms with Gasteiger partial charge in [-0.15, -0.1) is 0 Å². The van der Waals surface area contributed by atoms with Gasteiger partial charge in [-0.3, -0.25) is 4.79 Å². The Morgan fingerprint density at radius 1 is 1.75 bits per heavy atom. The van der Waals surface area contributed by atoms with Crippen LogP contribution in [-0.2, 0) is 4.79 Å². The zero-order valence-corrected chi connectivity index (χ0v) is 7.49. The van der Waals surface area contributed by atoms with E-state index >= 15 is 0 Å². The van der Waals surface area contributed by atoms with Crippen LogP contribution in [0.25, 0.3) is 0 Å². The van der Waals surface area contributed by atoms with Crippen LogP contribution in [-0.4, -0.2) is 30.4 Å². The highest BCUT2D eigenvalue weighted by molar-refractivity contribution is 5.87. The van der Waals surface area contributed by atoms with Crippen molar-refractivity contribution in [3.63, 3.8) is 0 Å². The molecule has 0 spiro atoms. The van der Waals surface area contributed by atoms with Gasteiger partial charge in [0, 0.05) is 25.7 Å². The molecule has 1 atom stereocenters. The number of rotatable bonds is 2. The van der Waals surface area contributed by atoms with E-state index in [0.29, 0.717) is 12.5 Å². The largest absolute Gasteiger partial charge is 0.339 e. The predicted molar refractivity (Wildman–Crippen MR) is 48.6 cm³/mol. The van der Waals surface area contributed by atoms with Crippen molar-refractivity contribution < 1.29 is 4.79 Å². The molecule has 1 heterocycles. The summed E-state index contributed by atoms with van der Waals surface area (Å²) in [7, 11) is 0. The number of hydrogen-bond acceptors (Lipinski definition) is 2. The minimum absolute atomic E-state index is 0.102. The van der Waals surface area contributed by atoms with Gasteiger partial charge in [0.25, 0.3) is 0 Å². The minimum atomic E-state index is 0.102. The quantitative estimate of drug-likeness (QED) is 0.605. The molecular formula is C9H16N2O. The highest BCUT2D eigenvalue weighted by Gasteiger charge is 2.20. The van der Waals surface area contributed by atoms with Gasteiger partial charge in [0.05, 0.1) is 0 Å². The van der Waals surface area contributed by atoms with Crippen molar-refractivity contribution in [1.82, 2.24) is 4.90 Å². The Bertz CT molecular complexity index is 189. The monoisotopic (exact) mass is 168 g/mol. The van der Waals surface area contributed by atoms with Crippen LogP contribution in [0.4, 0.5) is 0 Å². The smallest absolute Gasteiger partial charge is 0.246 e. The standard InChI is InChI=1S/C9H16N2O/c1-8-4-6-11(7-8)9(12)3-2-5-10/h2-3,8H,4-7,10H2,1H3/b3-2+. The van der Waals surface area contributed by atoms with Gasteiger partial charge < -0.3 is 10.6 Å². The average molecular weight is 168 g/mol. The SMILES string of the molecule is CC1CCN(C(=O)/C=C/CN)C1. The third-order valence-electron chi connectivity index (χ3n) is 2.13. The number of nitrogens with two attached hydrogens (primary N) is 1. The molecule has 68 valence electrons. The van der Waals surface area contributed by atoms with Gasteiger partial charge in [0.1, 0.15) is 0 Å². The normalized spacial score (nSPS) is 23.8. The van der Waals surface area contributed by atoms with Gasteiger partial charge in [-0.25, -0.2) is 0 Å². The number of hydrogen-bond donors (Lipinski definition) is 1. The number of carbonyl (C=O) groups excluding carboxylic acids is 1. The zero-order chi connectivity index (χ0) is 8.97. The van der Waals surface area contributed by atoms with Crippen molar-refractivity contribution in [3.8, 4) is 0 Å². The summed E-state index contributed by atoms with van der Waals surface area (Å²) in [5.74, 6) is 0.755. The molecule has 1 unspecified atom stereocenters.